The van der Waals surface area contributed by atoms with Crippen LogP contribution in [0.15, 0.2) is 36.8 Å². The van der Waals surface area contributed by atoms with Crippen molar-refractivity contribution >= 4 is 11.6 Å². The van der Waals surface area contributed by atoms with Crippen molar-refractivity contribution in [3.63, 3.8) is 0 Å². The molecule has 0 N–H and O–H groups in total. The van der Waals surface area contributed by atoms with Crippen molar-refractivity contribution in [2.24, 2.45) is 0 Å². The zero-order chi connectivity index (χ0) is 17.3. The van der Waals surface area contributed by atoms with E-state index in [1.54, 1.807) is 0 Å². The fourth-order valence-corrected chi connectivity index (χ4v) is 2.20. The minimum atomic E-state index is -2.80. The molecule has 0 aliphatic carbocycles. The molecular weight excluding hydrogens is 348 g/mol. The van der Waals surface area contributed by atoms with E-state index in [4.69, 9.17) is 11.6 Å². The number of imidazole rings is 1. The molecule has 0 spiro atoms. The Kier molecular flexibility index (Phi) is 4.48. The third-order valence-corrected chi connectivity index (χ3v) is 3.38. The summed E-state index contributed by atoms with van der Waals surface area (Å²) in [7, 11) is 0. The minimum absolute atomic E-state index is 0.0191. The normalized spacial score (nSPS) is 11.2. The van der Waals surface area contributed by atoms with Crippen LogP contribution in [-0.4, -0.2) is 19.5 Å². The van der Waals surface area contributed by atoms with Crippen molar-refractivity contribution in [3.8, 4) is 11.4 Å². The summed E-state index contributed by atoms with van der Waals surface area (Å²) < 4.78 is 53.8. The number of halogens is 5. The molecule has 0 atom stereocenters. The smallest absolute Gasteiger partial charge is 0.281 e. The van der Waals surface area contributed by atoms with Crippen LogP contribution in [-0.2, 0) is 6.54 Å². The van der Waals surface area contributed by atoms with Gasteiger partial charge in [-0.2, -0.15) is 0 Å². The lowest BCUT2D eigenvalue weighted by molar-refractivity contribution is 0.146. The molecule has 2 heterocycles. The summed E-state index contributed by atoms with van der Waals surface area (Å²) in [4.78, 5) is 11.8. The Morgan fingerprint density at radius 1 is 1.08 bits per heavy atom. The molecule has 3 rings (SSSR count). The Hall–Kier alpha value is -2.48. The minimum Gasteiger partial charge on any atom is -0.323 e. The molecule has 1 aromatic carbocycles. The first-order valence-electron chi connectivity index (χ1n) is 6.71. The quantitative estimate of drug-likeness (QED) is 0.656. The van der Waals surface area contributed by atoms with Gasteiger partial charge in [0.2, 0.25) is 0 Å². The average Bonchev–Trinajstić information content (AvgIpc) is 2.96. The fraction of sp³-hybridized carbons (Fsp3) is 0.133. The molecule has 9 heteroatoms. The Morgan fingerprint density at radius 3 is 2.42 bits per heavy atom. The van der Waals surface area contributed by atoms with E-state index in [1.165, 1.54) is 23.0 Å². The lowest BCUT2D eigenvalue weighted by Crippen LogP contribution is -2.05. The standard InChI is InChI=1S/C15H9ClF4N4/c16-9-4-21-13(22-5-9)7-24-6-12(14(19)20)23-15(24)8-1-2-10(17)11(18)3-8/h1-6,14H,7H2. The zero-order valence-corrected chi connectivity index (χ0v) is 12.7. The van der Waals surface area contributed by atoms with Crippen molar-refractivity contribution in [1.29, 1.82) is 0 Å². The second-order valence-corrected chi connectivity index (χ2v) is 5.30. The molecular formula is C15H9ClF4N4. The predicted molar refractivity (Wildman–Crippen MR) is 78.7 cm³/mol. The Balaban J connectivity index is 2.03. The molecule has 3 aromatic rings. The summed E-state index contributed by atoms with van der Waals surface area (Å²) >= 11 is 5.70. The van der Waals surface area contributed by atoms with Crippen LogP contribution in [0.5, 0.6) is 0 Å². The summed E-state index contributed by atoms with van der Waals surface area (Å²) in [5.74, 6) is -1.76. The molecule has 0 aliphatic rings. The summed E-state index contributed by atoms with van der Waals surface area (Å²) in [6, 6.07) is 3.06. The summed E-state index contributed by atoms with van der Waals surface area (Å²) in [6.07, 6.45) is 1.05. The molecule has 0 radical (unpaired) electrons. The summed E-state index contributed by atoms with van der Waals surface area (Å²) in [5, 5.41) is 0.332. The van der Waals surface area contributed by atoms with Gasteiger partial charge in [-0.25, -0.2) is 32.5 Å². The predicted octanol–water partition coefficient (Wildman–Crippen LogP) is 4.26. The molecule has 0 amide bonds. The number of rotatable bonds is 4. The van der Waals surface area contributed by atoms with Gasteiger partial charge in [0, 0.05) is 24.2 Å². The van der Waals surface area contributed by atoms with Crippen LogP contribution in [0.4, 0.5) is 17.6 Å². The number of hydrogen-bond acceptors (Lipinski definition) is 3. The third kappa shape index (κ3) is 3.38. The highest BCUT2D eigenvalue weighted by molar-refractivity contribution is 6.30. The van der Waals surface area contributed by atoms with E-state index in [2.05, 4.69) is 15.0 Å². The number of nitrogens with zero attached hydrogens (tertiary/aromatic N) is 4. The molecule has 0 saturated heterocycles. The van der Waals surface area contributed by atoms with Gasteiger partial charge in [0.25, 0.3) is 6.43 Å². The van der Waals surface area contributed by atoms with E-state index in [1.807, 2.05) is 0 Å². The van der Waals surface area contributed by atoms with Gasteiger partial charge >= 0.3 is 0 Å². The van der Waals surface area contributed by atoms with Crippen LogP contribution >= 0.6 is 11.6 Å². The maximum atomic E-state index is 13.4. The number of benzene rings is 1. The second-order valence-electron chi connectivity index (χ2n) is 4.86. The molecule has 124 valence electrons. The first kappa shape index (κ1) is 16.4. The first-order valence-corrected chi connectivity index (χ1v) is 7.09. The first-order chi connectivity index (χ1) is 11.4. The monoisotopic (exact) mass is 356 g/mol. The molecule has 0 aliphatic heterocycles. The van der Waals surface area contributed by atoms with E-state index in [-0.39, 0.29) is 17.9 Å². The highest BCUT2D eigenvalue weighted by atomic mass is 35.5. The van der Waals surface area contributed by atoms with E-state index in [9.17, 15) is 17.6 Å². The van der Waals surface area contributed by atoms with Crippen LogP contribution in [0, 0.1) is 11.6 Å². The Labute approximate surface area is 138 Å². The van der Waals surface area contributed by atoms with Crippen LogP contribution in [0.1, 0.15) is 17.9 Å². The van der Waals surface area contributed by atoms with Crippen LogP contribution < -0.4 is 0 Å². The molecule has 0 bridgehead atoms. The lowest BCUT2D eigenvalue weighted by atomic mass is 10.2. The van der Waals surface area contributed by atoms with Crippen molar-refractivity contribution < 1.29 is 17.6 Å². The maximum Gasteiger partial charge on any atom is 0.281 e. The largest absolute Gasteiger partial charge is 0.323 e. The number of aromatic nitrogens is 4. The van der Waals surface area contributed by atoms with Gasteiger partial charge in [-0.15, -0.1) is 0 Å². The number of hydrogen-bond donors (Lipinski definition) is 0. The van der Waals surface area contributed by atoms with Crippen molar-refractivity contribution in [2.75, 3.05) is 0 Å². The van der Waals surface area contributed by atoms with Crippen LogP contribution in [0.3, 0.4) is 0 Å². The van der Waals surface area contributed by atoms with Crippen molar-refractivity contribution in [3.05, 3.63) is 65.0 Å². The maximum absolute atomic E-state index is 13.4. The van der Waals surface area contributed by atoms with Gasteiger partial charge < -0.3 is 4.57 Å². The zero-order valence-electron chi connectivity index (χ0n) is 11.9. The van der Waals surface area contributed by atoms with Crippen molar-refractivity contribution in [1.82, 2.24) is 19.5 Å². The third-order valence-electron chi connectivity index (χ3n) is 3.18. The Bertz CT molecular complexity index is 864. The lowest BCUT2D eigenvalue weighted by Gasteiger charge is -2.07. The Morgan fingerprint density at radius 2 is 1.79 bits per heavy atom. The van der Waals surface area contributed by atoms with E-state index >= 15 is 0 Å². The van der Waals surface area contributed by atoms with Gasteiger partial charge in [0.1, 0.15) is 17.3 Å². The molecule has 2 aromatic heterocycles. The van der Waals surface area contributed by atoms with Crippen LogP contribution in [0.25, 0.3) is 11.4 Å². The van der Waals surface area contributed by atoms with E-state index in [0.717, 1.165) is 18.3 Å². The van der Waals surface area contributed by atoms with Gasteiger partial charge in [0.15, 0.2) is 11.6 Å². The SMILES string of the molecule is Fc1ccc(-c2nc(C(F)F)cn2Cc2ncc(Cl)cn2)cc1F. The fourth-order valence-electron chi connectivity index (χ4n) is 2.10. The average molecular weight is 357 g/mol. The molecule has 0 unspecified atom stereocenters. The topological polar surface area (TPSA) is 43.6 Å². The van der Waals surface area contributed by atoms with Gasteiger partial charge in [0.05, 0.1) is 11.6 Å². The van der Waals surface area contributed by atoms with Gasteiger partial charge in [-0.1, -0.05) is 11.6 Å². The van der Waals surface area contributed by atoms with Crippen LogP contribution in [0.2, 0.25) is 5.02 Å². The molecule has 24 heavy (non-hydrogen) atoms. The van der Waals surface area contributed by atoms with Crippen molar-refractivity contribution in [2.45, 2.75) is 13.0 Å². The summed E-state index contributed by atoms with van der Waals surface area (Å²) in [5.41, 5.74) is -0.321. The molecule has 4 nitrogen and oxygen atoms in total. The van der Waals surface area contributed by atoms with E-state index < -0.39 is 23.8 Å². The van der Waals surface area contributed by atoms with E-state index in [0.29, 0.717) is 10.8 Å². The molecule has 0 fully saturated rings. The van der Waals surface area contributed by atoms with Gasteiger partial charge in [-0.3, -0.25) is 0 Å². The number of alkyl halides is 2. The summed E-state index contributed by atoms with van der Waals surface area (Å²) in [6.45, 7) is 0.0191. The van der Waals surface area contributed by atoms with Gasteiger partial charge in [-0.05, 0) is 18.2 Å². The molecule has 0 saturated carbocycles. The second kappa shape index (κ2) is 6.56. The highest BCUT2D eigenvalue weighted by Crippen LogP contribution is 2.26. The highest BCUT2D eigenvalue weighted by Gasteiger charge is 2.18.